The third-order valence-electron chi connectivity index (χ3n) is 6.25. The van der Waals surface area contributed by atoms with E-state index in [1.807, 2.05) is 42.5 Å². The lowest BCUT2D eigenvalue weighted by Crippen LogP contribution is -2.32. The van der Waals surface area contributed by atoms with Crippen LogP contribution < -0.4 is 10.6 Å². The van der Waals surface area contributed by atoms with Crippen molar-refractivity contribution in [3.05, 3.63) is 89.5 Å². The lowest BCUT2D eigenvalue weighted by Gasteiger charge is -2.08. The number of thiocarbonyl (C=S) groups is 1. The molecule has 0 radical (unpaired) electrons. The molecular formula is C30H31N3O2S. The molecule has 36 heavy (non-hydrogen) atoms. The summed E-state index contributed by atoms with van der Waals surface area (Å²) >= 11 is 5.29. The Morgan fingerprint density at radius 2 is 1.69 bits per heavy atom. The minimum atomic E-state index is -0.291. The number of anilines is 1. The molecule has 0 aliphatic carbocycles. The second-order valence-electron chi connectivity index (χ2n) is 9.23. The van der Waals surface area contributed by atoms with Gasteiger partial charge in [0.15, 0.2) is 10.7 Å². The molecule has 4 aromatic rings. The summed E-state index contributed by atoms with van der Waals surface area (Å²) in [6.07, 6.45) is 4.32. The number of oxazole rings is 1. The van der Waals surface area contributed by atoms with E-state index in [1.165, 1.54) is 17.2 Å². The third-order valence-corrected chi connectivity index (χ3v) is 6.45. The SMILES string of the molecule is CCC(C)c1ccc2oc(-c3ccc(NC(=S)NC(=O)C=Cc4ccc(C(C)C)cc4)cc3)nc2c1. The molecule has 5 nitrogen and oxygen atoms in total. The van der Waals surface area contributed by atoms with Crippen molar-refractivity contribution in [3.63, 3.8) is 0 Å². The highest BCUT2D eigenvalue weighted by Gasteiger charge is 2.11. The third kappa shape index (κ3) is 6.26. The number of benzene rings is 3. The average molecular weight is 498 g/mol. The lowest BCUT2D eigenvalue weighted by atomic mass is 9.98. The van der Waals surface area contributed by atoms with Gasteiger partial charge >= 0.3 is 0 Å². The number of nitrogens with zero attached hydrogens (tertiary/aromatic N) is 1. The molecule has 0 saturated carbocycles. The Balaban J connectivity index is 1.34. The van der Waals surface area contributed by atoms with Gasteiger partial charge in [-0.05, 0) is 89.6 Å². The van der Waals surface area contributed by atoms with E-state index in [1.54, 1.807) is 6.08 Å². The van der Waals surface area contributed by atoms with Gasteiger partial charge < -0.3 is 9.73 Å². The molecule has 0 fully saturated rings. The van der Waals surface area contributed by atoms with Gasteiger partial charge in [0.05, 0.1) is 0 Å². The van der Waals surface area contributed by atoms with Crippen molar-refractivity contribution in [3.8, 4) is 11.5 Å². The lowest BCUT2D eigenvalue weighted by molar-refractivity contribution is -0.115. The standard InChI is InChI=1S/C30H31N3O2S/c1-5-20(4)24-13-16-27-26(18-24)32-29(35-27)23-11-14-25(15-12-23)31-30(36)33-28(34)17-8-21-6-9-22(10-7-21)19(2)3/h6-20H,5H2,1-4H3,(H2,31,33,34,36). The zero-order valence-corrected chi connectivity index (χ0v) is 21.9. The first-order valence-corrected chi connectivity index (χ1v) is 12.6. The van der Waals surface area contributed by atoms with Crippen LogP contribution in [0.2, 0.25) is 0 Å². The van der Waals surface area contributed by atoms with Crippen molar-refractivity contribution < 1.29 is 9.21 Å². The highest BCUT2D eigenvalue weighted by molar-refractivity contribution is 7.80. The molecule has 1 heterocycles. The minimum absolute atomic E-state index is 0.229. The van der Waals surface area contributed by atoms with Crippen LogP contribution in [0.1, 0.15) is 62.6 Å². The van der Waals surface area contributed by atoms with Crippen LogP contribution in [0.3, 0.4) is 0 Å². The van der Waals surface area contributed by atoms with Crippen molar-refractivity contribution in [1.82, 2.24) is 10.3 Å². The summed E-state index contributed by atoms with van der Waals surface area (Å²) in [6, 6.07) is 21.9. The number of nitrogens with one attached hydrogen (secondary N) is 2. The van der Waals surface area contributed by atoms with Crippen LogP contribution in [0.5, 0.6) is 0 Å². The van der Waals surface area contributed by atoms with Crippen LogP contribution >= 0.6 is 12.2 Å². The topological polar surface area (TPSA) is 67.2 Å². The molecule has 0 bridgehead atoms. The quantitative estimate of drug-likeness (QED) is 0.203. The summed E-state index contributed by atoms with van der Waals surface area (Å²) in [4.78, 5) is 16.9. The van der Waals surface area contributed by atoms with Crippen LogP contribution in [0.25, 0.3) is 28.6 Å². The number of rotatable bonds is 7. The zero-order valence-electron chi connectivity index (χ0n) is 21.0. The smallest absolute Gasteiger partial charge is 0.250 e. The number of fused-ring (bicyclic) bond motifs is 1. The van der Waals surface area contributed by atoms with Gasteiger partial charge in [-0.15, -0.1) is 0 Å². The number of aromatic nitrogens is 1. The molecule has 3 aromatic carbocycles. The molecule has 1 aromatic heterocycles. The summed E-state index contributed by atoms with van der Waals surface area (Å²) in [5.74, 6) is 1.23. The van der Waals surface area contributed by atoms with E-state index >= 15 is 0 Å². The summed E-state index contributed by atoms with van der Waals surface area (Å²) in [5, 5.41) is 5.94. The van der Waals surface area contributed by atoms with Gasteiger partial charge in [-0.3, -0.25) is 10.1 Å². The molecule has 0 spiro atoms. The summed E-state index contributed by atoms with van der Waals surface area (Å²) < 4.78 is 5.96. The molecule has 1 atom stereocenters. The van der Waals surface area contributed by atoms with E-state index in [9.17, 15) is 4.79 Å². The number of carbonyl (C=O) groups excluding carboxylic acids is 1. The Kier molecular flexibility index (Phi) is 7.96. The zero-order chi connectivity index (χ0) is 25.7. The Morgan fingerprint density at radius 1 is 1.00 bits per heavy atom. The largest absolute Gasteiger partial charge is 0.436 e. The second-order valence-corrected chi connectivity index (χ2v) is 9.64. The van der Waals surface area contributed by atoms with E-state index in [-0.39, 0.29) is 11.0 Å². The first-order chi connectivity index (χ1) is 17.3. The number of carbonyl (C=O) groups is 1. The second kappa shape index (κ2) is 11.3. The fourth-order valence-corrected chi connectivity index (χ4v) is 4.00. The van der Waals surface area contributed by atoms with E-state index in [2.05, 4.69) is 67.6 Å². The van der Waals surface area contributed by atoms with Gasteiger partial charge in [0.2, 0.25) is 11.8 Å². The Hall–Kier alpha value is -3.77. The molecule has 184 valence electrons. The summed E-state index contributed by atoms with van der Waals surface area (Å²) in [7, 11) is 0. The molecule has 4 rings (SSSR count). The van der Waals surface area contributed by atoms with Crippen molar-refractivity contribution >= 4 is 46.1 Å². The first-order valence-electron chi connectivity index (χ1n) is 12.2. The normalized spacial score (nSPS) is 12.2. The fraction of sp³-hybridized carbons (Fsp3) is 0.233. The van der Waals surface area contributed by atoms with Crippen molar-refractivity contribution in [2.75, 3.05) is 5.32 Å². The maximum atomic E-state index is 12.3. The summed E-state index contributed by atoms with van der Waals surface area (Å²) in [6.45, 7) is 8.69. The molecule has 6 heteroatoms. The average Bonchev–Trinajstić information content (AvgIpc) is 3.31. The molecule has 1 unspecified atom stereocenters. The van der Waals surface area contributed by atoms with Gasteiger partial charge in [-0.25, -0.2) is 4.98 Å². The maximum absolute atomic E-state index is 12.3. The van der Waals surface area contributed by atoms with Crippen LogP contribution in [0.4, 0.5) is 5.69 Å². The molecule has 0 aliphatic heterocycles. The predicted molar refractivity (Wildman–Crippen MR) is 152 cm³/mol. The first kappa shape index (κ1) is 25.3. The Labute approximate surface area is 217 Å². The summed E-state index contributed by atoms with van der Waals surface area (Å²) in [5.41, 5.74) is 6.73. The molecule has 0 aliphatic rings. The highest BCUT2D eigenvalue weighted by atomic mass is 32.1. The number of hydrogen-bond acceptors (Lipinski definition) is 4. The van der Waals surface area contributed by atoms with Crippen molar-refractivity contribution in [1.29, 1.82) is 0 Å². The predicted octanol–water partition coefficient (Wildman–Crippen LogP) is 7.66. The molecule has 2 N–H and O–H groups in total. The number of hydrogen-bond donors (Lipinski definition) is 2. The van der Waals surface area contributed by atoms with Gasteiger partial charge in [0, 0.05) is 17.3 Å². The van der Waals surface area contributed by atoms with E-state index in [4.69, 9.17) is 16.6 Å². The van der Waals surface area contributed by atoms with Gasteiger partial charge in [0.1, 0.15) is 5.52 Å². The Bertz CT molecular complexity index is 1390. The van der Waals surface area contributed by atoms with Gasteiger partial charge in [0.25, 0.3) is 0 Å². The maximum Gasteiger partial charge on any atom is 0.250 e. The molecule has 1 amide bonds. The van der Waals surface area contributed by atoms with Crippen molar-refractivity contribution in [2.45, 2.75) is 46.0 Å². The minimum Gasteiger partial charge on any atom is -0.436 e. The monoisotopic (exact) mass is 497 g/mol. The van der Waals surface area contributed by atoms with Crippen LogP contribution in [-0.2, 0) is 4.79 Å². The van der Waals surface area contributed by atoms with Crippen molar-refractivity contribution in [2.24, 2.45) is 0 Å². The van der Waals surface area contributed by atoms with E-state index in [0.717, 1.165) is 34.3 Å². The van der Waals surface area contributed by atoms with Crippen LogP contribution in [0.15, 0.2) is 77.2 Å². The van der Waals surface area contributed by atoms with Gasteiger partial charge in [-0.1, -0.05) is 58.0 Å². The number of amides is 1. The van der Waals surface area contributed by atoms with Gasteiger partial charge in [-0.2, -0.15) is 0 Å². The van der Waals surface area contributed by atoms with Crippen LogP contribution in [-0.4, -0.2) is 16.0 Å². The van der Waals surface area contributed by atoms with Crippen LogP contribution in [0, 0.1) is 0 Å². The van der Waals surface area contributed by atoms with E-state index in [0.29, 0.717) is 17.7 Å². The molecular weight excluding hydrogens is 466 g/mol. The Morgan fingerprint density at radius 3 is 2.36 bits per heavy atom. The molecule has 0 saturated heterocycles. The van der Waals surface area contributed by atoms with E-state index < -0.39 is 0 Å². The highest BCUT2D eigenvalue weighted by Crippen LogP contribution is 2.28. The fourth-order valence-electron chi connectivity index (χ4n) is 3.79.